The average molecular weight is 434 g/mol. The van der Waals surface area contributed by atoms with E-state index >= 15 is 0 Å². The van der Waals surface area contributed by atoms with Gasteiger partial charge in [0, 0.05) is 31.5 Å². The first kappa shape index (κ1) is 21.7. The summed E-state index contributed by atoms with van der Waals surface area (Å²) < 4.78 is 5.44. The standard InChI is InChI=1S/C25H27N3O4/c1-17-5-6-18(2)22(15-17)28-23(29)12-11-21(26-28)25(31)32-16-19-7-9-20(10-8-19)24(30)27-13-3-4-14-27/h5-10,15H,3-4,11-14,16H2,1-2H3. The van der Waals surface area contributed by atoms with E-state index in [1.807, 2.05) is 36.9 Å². The lowest BCUT2D eigenvalue weighted by molar-refractivity contribution is -0.137. The molecule has 2 heterocycles. The summed E-state index contributed by atoms with van der Waals surface area (Å²) in [6, 6.07) is 12.9. The van der Waals surface area contributed by atoms with Crippen molar-refractivity contribution in [2.75, 3.05) is 18.1 Å². The molecule has 166 valence electrons. The van der Waals surface area contributed by atoms with Crippen LogP contribution in [0.3, 0.4) is 0 Å². The van der Waals surface area contributed by atoms with E-state index in [1.54, 1.807) is 24.3 Å². The molecule has 32 heavy (non-hydrogen) atoms. The number of esters is 1. The molecule has 0 aromatic heterocycles. The Kier molecular flexibility index (Phi) is 6.35. The van der Waals surface area contributed by atoms with Gasteiger partial charge in [0.25, 0.3) is 5.91 Å². The number of amides is 2. The zero-order valence-electron chi connectivity index (χ0n) is 18.5. The van der Waals surface area contributed by atoms with Crippen LogP contribution in [0.25, 0.3) is 0 Å². The predicted octanol–water partition coefficient (Wildman–Crippen LogP) is 3.77. The van der Waals surface area contributed by atoms with Crippen LogP contribution in [-0.2, 0) is 20.9 Å². The van der Waals surface area contributed by atoms with Gasteiger partial charge in [-0.15, -0.1) is 0 Å². The van der Waals surface area contributed by atoms with Crippen molar-refractivity contribution in [1.82, 2.24) is 4.90 Å². The molecule has 0 unspecified atom stereocenters. The summed E-state index contributed by atoms with van der Waals surface area (Å²) in [6.45, 7) is 5.54. The van der Waals surface area contributed by atoms with E-state index in [9.17, 15) is 14.4 Å². The van der Waals surface area contributed by atoms with E-state index in [2.05, 4.69) is 5.10 Å². The van der Waals surface area contributed by atoms with Gasteiger partial charge in [-0.3, -0.25) is 9.59 Å². The third-order valence-electron chi connectivity index (χ3n) is 5.83. The summed E-state index contributed by atoms with van der Waals surface area (Å²) >= 11 is 0. The molecule has 0 N–H and O–H groups in total. The number of anilines is 1. The first-order valence-electron chi connectivity index (χ1n) is 11.0. The molecule has 4 rings (SSSR count). The number of likely N-dealkylation sites (tertiary alicyclic amines) is 1. The molecule has 2 aromatic rings. The fourth-order valence-corrected chi connectivity index (χ4v) is 3.91. The van der Waals surface area contributed by atoms with E-state index in [1.165, 1.54) is 5.01 Å². The maximum absolute atomic E-state index is 12.6. The SMILES string of the molecule is Cc1ccc(C)c(N2N=C(C(=O)OCc3ccc(C(=O)N4CCCC4)cc3)CCC2=O)c1. The van der Waals surface area contributed by atoms with E-state index in [-0.39, 0.29) is 37.0 Å². The molecule has 0 saturated carbocycles. The molecule has 0 spiro atoms. The van der Waals surface area contributed by atoms with Crippen LogP contribution in [0.2, 0.25) is 0 Å². The molecule has 7 nitrogen and oxygen atoms in total. The van der Waals surface area contributed by atoms with Gasteiger partial charge in [0.2, 0.25) is 5.91 Å². The van der Waals surface area contributed by atoms with Crippen molar-refractivity contribution in [3.05, 3.63) is 64.7 Å². The van der Waals surface area contributed by atoms with Crippen molar-refractivity contribution in [2.24, 2.45) is 5.10 Å². The van der Waals surface area contributed by atoms with Gasteiger partial charge in [0.1, 0.15) is 12.3 Å². The van der Waals surface area contributed by atoms with Crippen molar-refractivity contribution < 1.29 is 19.1 Å². The van der Waals surface area contributed by atoms with Crippen LogP contribution >= 0.6 is 0 Å². The number of carbonyl (C=O) groups is 3. The number of ether oxygens (including phenoxy) is 1. The fourth-order valence-electron chi connectivity index (χ4n) is 3.91. The third-order valence-corrected chi connectivity index (χ3v) is 5.83. The number of hydrazone groups is 1. The fraction of sp³-hybridized carbons (Fsp3) is 0.360. The molecule has 2 aliphatic rings. The second-order valence-corrected chi connectivity index (χ2v) is 8.31. The van der Waals surface area contributed by atoms with Gasteiger partial charge >= 0.3 is 5.97 Å². The van der Waals surface area contributed by atoms with Crippen LogP contribution in [-0.4, -0.2) is 41.5 Å². The van der Waals surface area contributed by atoms with Crippen LogP contribution < -0.4 is 5.01 Å². The molecule has 0 radical (unpaired) electrons. The smallest absolute Gasteiger partial charge is 0.354 e. The van der Waals surface area contributed by atoms with Gasteiger partial charge in [0.15, 0.2) is 0 Å². The Morgan fingerprint density at radius 1 is 1.00 bits per heavy atom. The molecule has 2 amide bonds. The summed E-state index contributed by atoms with van der Waals surface area (Å²) in [5.74, 6) is -0.641. The normalized spacial score (nSPS) is 16.2. The summed E-state index contributed by atoms with van der Waals surface area (Å²) in [6.07, 6.45) is 2.56. The van der Waals surface area contributed by atoms with Gasteiger partial charge in [-0.05, 0) is 61.6 Å². The van der Waals surface area contributed by atoms with Crippen molar-refractivity contribution in [3.8, 4) is 0 Å². The highest BCUT2D eigenvalue weighted by molar-refractivity contribution is 6.38. The van der Waals surface area contributed by atoms with Gasteiger partial charge in [-0.1, -0.05) is 24.3 Å². The number of hydrogen-bond donors (Lipinski definition) is 0. The van der Waals surface area contributed by atoms with Gasteiger partial charge in [-0.25, -0.2) is 4.79 Å². The van der Waals surface area contributed by atoms with Crippen LogP contribution in [0.5, 0.6) is 0 Å². The number of hydrogen-bond acceptors (Lipinski definition) is 5. The molecular formula is C25H27N3O4. The van der Waals surface area contributed by atoms with E-state index in [4.69, 9.17) is 4.74 Å². The van der Waals surface area contributed by atoms with E-state index in [0.717, 1.165) is 42.6 Å². The third kappa shape index (κ3) is 4.72. The van der Waals surface area contributed by atoms with Crippen LogP contribution in [0.15, 0.2) is 47.6 Å². The molecular weight excluding hydrogens is 406 g/mol. The number of carbonyl (C=O) groups excluding carboxylic acids is 3. The Labute approximate surface area is 187 Å². The highest BCUT2D eigenvalue weighted by Crippen LogP contribution is 2.25. The Balaban J connectivity index is 1.40. The summed E-state index contributed by atoms with van der Waals surface area (Å²) in [7, 11) is 0. The van der Waals surface area contributed by atoms with Crippen LogP contribution in [0, 0.1) is 13.8 Å². The lowest BCUT2D eigenvalue weighted by atomic mass is 10.1. The molecule has 0 aliphatic carbocycles. The number of aryl methyl sites for hydroxylation is 2. The van der Waals surface area contributed by atoms with Gasteiger partial charge in [-0.2, -0.15) is 10.1 Å². The lowest BCUT2D eigenvalue weighted by Crippen LogP contribution is -2.35. The molecule has 2 aliphatic heterocycles. The largest absolute Gasteiger partial charge is 0.456 e. The first-order chi connectivity index (χ1) is 15.4. The van der Waals surface area contributed by atoms with Crippen molar-refractivity contribution in [3.63, 3.8) is 0 Å². The summed E-state index contributed by atoms with van der Waals surface area (Å²) in [5.41, 5.74) is 4.25. The minimum atomic E-state index is -0.537. The van der Waals surface area contributed by atoms with E-state index in [0.29, 0.717) is 11.3 Å². The monoisotopic (exact) mass is 433 g/mol. The minimum absolute atomic E-state index is 0.0406. The minimum Gasteiger partial charge on any atom is -0.456 e. The van der Waals surface area contributed by atoms with Gasteiger partial charge in [0.05, 0.1) is 5.69 Å². The summed E-state index contributed by atoms with van der Waals surface area (Å²) in [4.78, 5) is 39.3. The average Bonchev–Trinajstić information content (AvgIpc) is 3.34. The zero-order valence-corrected chi connectivity index (χ0v) is 18.5. The Bertz CT molecular complexity index is 1070. The molecule has 2 aromatic carbocycles. The number of rotatable bonds is 5. The number of nitrogens with zero attached hydrogens (tertiary/aromatic N) is 3. The van der Waals surface area contributed by atoms with Crippen LogP contribution in [0.1, 0.15) is 52.7 Å². The van der Waals surface area contributed by atoms with Gasteiger partial charge < -0.3 is 9.64 Å². The Hall–Kier alpha value is -3.48. The first-order valence-corrected chi connectivity index (χ1v) is 11.0. The zero-order chi connectivity index (χ0) is 22.7. The Morgan fingerprint density at radius 3 is 2.44 bits per heavy atom. The summed E-state index contributed by atoms with van der Waals surface area (Å²) in [5, 5.41) is 5.61. The van der Waals surface area contributed by atoms with Crippen molar-refractivity contribution in [1.29, 1.82) is 0 Å². The van der Waals surface area contributed by atoms with E-state index < -0.39 is 5.97 Å². The van der Waals surface area contributed by atoms with Crippen molar-refractivity contribution in [2.45, 2.75) is 46.1 Å². The van der Waals surface area contributed by atoms with Crippen LogP contribution in [0.4, 0.5) is 5.69 Å². The predicted molar refractivity (Wildman–Crippen MR) is 121 cm³/mol. The molecule has 7 heteroatoms. The second-order valence-electron chi connectivity index (χ2n) is 8.31. The highest BCUT2D eigenvalue weighted by Gasteiger charge is 2.27. The highest BCUT2D eigenvalue weighted by atomic mass is 16.5. The lowest BCUT2D eigenvalue weighted by Gasteiger charge is -2.24. The maximum atomic E-state index is 12.6. The maximum Gasteiger partial charge on any atom is 0.354 e. The molecule has 0 bridgehead atoms. The second kappa shape index (κ2) is 9.34. The molecule has 0 atom stereocenters. The topological polar surface area (TPSA) is 79.3 Å². The molecule has 1 saturated heterocycles. The Morgan fingerprint density at radius 2 is 1.72 bits per heavy atom. The number of benzene rings is 2. The molecule has 1 fully saturated rings. The quantitative estimate of drug-likeness (QED) is 0.673. The van der Waals surface area contributed by atoms with Crippen molar-refractivity contribution >= 4 is 29.2 Å².